The van der Waals surface area contributed by atoms with Gasteiger partial charge in [0.15, 0.2) is 5.96 Å². The van der Waals surface area contributed by atoms with E-state index in [1.54, 1.807) is 0 Å². The van der Waals surface area contributed by atoms with Crippen molar-refractivity contribution in [2.75, 3.05) is 11.4 Å². The summed E-state index contributed by atoms with van der Waals surface area (Å²) >= 11 is 0. The van der Waals surface area contributed by atoms with Crippen LogP contribution in [0.5, 0.6) is 0 Å². The van der Waals surface area contributed by atoms with Gasteiger partial charge in [0.2, 0.25) is 0 Å². The summed E-state index contributed by atoms with van der Waals surface area (Å²) in [5, 5.41) is 4.31. The number of para-hydroxylation sites is 1. The molecule has 1 aliphatic heterocycles. The molecule has 2 aromatic rings. The van der Waals surface area contributed by atoms with Crippen LogP contribution in [-0.2, 0) is 7.05 Å². The Balaban J connectivity index is 2.01. The van der Waals surface area contributed by atoms with Crippen molar-refractivity contribution in [1.29, 1.82) is 0 Å². The van der Waals surface area contributed by atoms with E-state index in [4.69, 9.17) is 5.73 Å². The van der Waals surface area contributed by atoms with Crippen molar-refractivity contribution in [2.45, 2.75) is 13.0 Å². The highest BCUT2D eigenvalue weighted by Crippen LogP contribution is 2.32. The molecular formula is C14H17N5. The fourth-order valence-corrected chi connectivity index (χ4v) is 2.48. The van der Waals surface area contributed by atoms with Crippen LogP contribution in [-0.4, -0.2) is 22.3 Å². The summed E-state index contributed by atoms with van der Waals surface area (Å²) in [4.78, 5) is 6.46. The maximum Gasteiger partial charge on any atom is 0.196 e. The molecule has 1 aromatic heterocycles. The number of anilines is 1. The van der Waals surface area contributed by atoms with E-state index in [0.717, 1.165) is 11.4 Å². The van der Waals surface area contributed by atoms with Crippen LogP contribution in [0.4, 0.5) is 5.69 Å². The average Bonchev–Trinajstić information content (AvgIpc) is 2.95. The summed E-state index contributed by atoms with van der Waals surface area (Å²) in [7, 11) is 1.95. The standard InChI is InChI=1S/C14H17N5/c1-10-12(8-17-18(10)2)13-9-16-14(15)19(13)11-6-4-3-5-7-11/h3-8,13H,9H2,1-2H3,(H2,15,16). The molecule has 1 aromatic carbocycles. The van der Waals surface area contributed by atoms with E-state index in [-0.39, 0.29) is 6.04 Å². The van der Waals surface area contributed by atoms with Gasteiger partial charge >= 0.3 is 0 Å². The van der Waals surface area contributed by atoms with Crippen molar-refractivity contribution in [3.8, 4) is 0 Å². The second-order valence-corrected chi connectivity index (χ2v) is 4.73. The van der Waals surface area contributed by atoms with Gasteiger partial charge in [0.1, 0.15) is 0 Å². The second kappa shape index (κ2) is 4.42. The Morgan fingerprint density at radius 2 is 2.00 bits per heavy atom. The zero-order chi connectivity index (χ0) is 13.4. The molecule has 0 saturated carbocycles. The van der Waals surface area contributed by atoms with E-state index in [0.29, 0.717) is 12.5 Å². The van der Waals surface area contributed by atoms with Crippen molar-refractivity contribution in [2.24, 2.45) is 17.8 Å². The van der Waals surface area contributed by atoms with Crippen LogP contribution in [0.25, 0.3) is 0 Å². The largest absolute Gasteiger partial charge is 0.369 e. The van der Waals surface area contributed by atoms with Crippen LogP contribution in [0.1, 0.15) is 17.3 Å². The van der Waals surface area contributed by atoms with Gasteiger partial charge in [-0.3, -0.25) is 9.67 Å². The number of aliphatic imine (C=N–C) groups is 1. The highest BCUT2D eigenvalue weighted by Gasteiger charge is 2.30. The van der Waals surface area contributed by atoms with Crippen LogP contribution < -0.4 is 10.6 Å². The van der Waals surface area contributed by atoms with E-state index < -0.39 is 0 Å². The van der Waals surface area contributed by atoms with Gasteiger partial charge in [-0.05, 0) is 19.1 Å². The summed E-state index contributed by atoms with van der Waals surface area (Å²) < 4.78 is 1.88. The molecule has 0 aliphatic carbocycles. The molecule has 5 nitrogen and oxygen atoms in total. The third-order valence-electron chi connectivity index (χ3n) is 3.65. The second-order valence-electron chi connectivity index (χ2n) is 4.73. The molecule has 0 amide bonds. The van der Waals surface area contributed by atoms with Crippen LogP contribution in [0.15, 0.2) is 41.5 Å². The van der Waals surface area contributed by atoms with Crippen LogP contribution in [0, 0.1) is 6.92 Å². The van der Waals surface area contributed by atoms with Crippen LogP contribution in [0.2, 0.25) is 0 Å². The third kappa shape index (κ3) is 1.87. The van der Waals surface area contributed by atoms with Crippen molar-refractivity contribution >= 4 is 11.6 Å². The summed E-state index contributed by atoms with van der Waals surface area (Å²) in [6.07, 6.45) is 1.91. The first kappa shape index (κ1) is 11.8. The summed E-state index contributed by atoms with van der Waals surface area (Å²) in [5.41, 5.74) is 9.43. The number of nitrogens with zero attached hydrogens (tertiary/aromatic N) is 4. The van der Waals surface area contributed by atoms with E-state index in [9.17, 15) is 0 Å². The molecule has 5 heteroatoms. The number of aryl methyl sites for hydroxylation is 1. The third-order valence-corrected chi connectivity index (χ3v) is 3.65. The average molecular weight is 255 g/mol. The molecule has 1 unspecified atom stereocenters. The number of benzene rings is 1. The van der Waals surface area contributed by atoms with E-state index in [1.807, 2.05) is 48.3 Å². The zero-order valence-electron chi connectivity index (χ0n) is 11.1. The summed E-state index contributed by atoms with van der Waals surface area (Å²) in [5.74, 6) is 0.569. The highest BCUT2D eigenvalue weighted by atomic mass is 15.3. The molecule has 2 heterocycles. The Kier molecular flexibility index (Phi) is 2.74. The van der Waals surface area contributed by atoms with Gasteiger partial charge in [-0.15, -0.1) is 0 Å². The van der Waals surface area contributed by atoms with Gasteiger partial charge in [0.05, 0.1) is 18.8 Å². The predicted octanol–water partition coefficient (Wildman–Crippen LogP) is 1.60. The molecule has 2 N–H and O–H groups in total. The van der Waals surface area contributed by atoms with Crippen molar-refractivity contribution in [3.63, 3.8) is 0 Å². The summed E-state index contributed by atoms with van der Waals surface area (Å²) in [6, 6.07) is 10.2. The minimum Gasteiger partial charge on any atom is -0.369 e. The normalized spacial score (nSPS) is 18.7. The first-order valence-electron chi connectivity index (χ1n) is 6.31. The first-order valence-corrected chi connectivity index (χ1v) is 6.31. The zero-order valence-corrected chi connectivity index (χ0v) is 11.1. The topological polar surface area (TPSA) is 59.4 Å². The predicted molar refractivity (Wildman–Crippen MR) is 76.1 cm³/mol. The van der Waals surface area contributed by atoms with Crippen LogP contribution >= 0.6 is 0 Å². The molecule has 1 aliphatic rings. The number of hydrogen-bond donors (Lipinski definition) is 1. The smallest absolute Gasteiger partial charge is 0.196 e. The molecule has 0 spiro atoms. The lowest BCUT2D eigenvalue weighted by atomic mass is 10.1. The molecule has 0 bridgehead atoms. The van der Waals surface area contributed by atoms with Crippen LogP contribution in [0.3, 0.4) is 0 Å². The van der Waals surface area contributed by atoms with Crippen molar-refractivity contribution < 1.29 is 0 Å². The number of nitrogens with two attached hydrogens (primary N) is 1. The lowest BCUT2D eigenvalue weighted by Gasteiger charge is -2.26. The van der Waals surface area contributed by atoms with Gasteiger partial charge in [-0.25, -0.2) is 0 Å². The highest BCUT2D eigenvalue weighted by molar-refractivity contribution is 5.97. The minimum absolute atomic E-state index is 0.135. The van der Waals surface area contributed by atoms with E-state index in [1.165, 1.54) is 5.56 Å². The quantitative estimate of drug-likeness (QED) is 0.886. The van der Waals surface area contributed by atoms with Crippen molar-refractivity contribution in [1.82, 2.24) is 9.78 Å². The monoisotopic (exact) mass is 255 g/mol. The lowest BCUT2D eigenvalue weighted by molar-refractivity contribution is 0.723. The Morgan fingerprint density at radius 1 is 1.26 bits per heavy atom. The minimum atomic E-state index is 0.135. The molecule has 0 saturated heterocycles. The Bertz CT molecular complexity index is 614. The molecular weight excluding hydrogens is 238 g/mol. The SMILES string of the molecule is Cc1c(C2CN=C(N)N2c2ccccc2)cnn1C. The van der Waals surface area contributed by atoms with E-state index in [2.05, 4.69) is 21.9 Å². The molecule has 1 atom stereocenters. The van der Waals surface area contributed by atoms with Gasteiger partial charge < -0.3 is 10.6 Å². The summed E-state index contributed by atoms with van der Waals surface area (Å²) in [6.45, 7) is 2.74. The first-order chi connectivity index (χ1) is 9.18. The molecule has 0 radical (unpaired) electrons. The molecule has 0 fully saturated rings. The van der Waals surface area contributed by atoms with Gasteiger partial charge in [0, 0.05) is 24.0 Å². The number of guanidine groups is 1. The van der Waals surface area contributed by atoms with Gasteiger partial charge in [-0.2, -0.15) is 5.10 Å². The Labute approximate surface area is 112 Å². The number of hydrogen-bond acceptors (Lipinski definition) is 4. The van der Waals surface area contributed by atoms with Gasteiger partial charge in [-0.1, -0.05) is 18.2 Å². The lowest BCUT2D eigenvalue weighted by Crippen LogP contribution is -2.36. The Morgan fingerprint density at radius 3 is 2.63 bits per heavy atom. The fourth-order valence-electron chi connectivity index (χ4n) is 2.48. The maximum absolute atomic E-state index is 6.04. The van der Waals surface area contributed by atoms with Crippen molar-refractivity contribution in [3.05, 3.63) is 47.8 Å². The number of rotatable bonds is 2. The van der Waals surface area contributed by atoms with Gasteiger partial charge in [0.25, 0.3) is 0 Å². The molecule has 19 heavy (non-hydrogen) atoms. The number of aromatic nitrogens is 2. The molecule has 98 valence electrons. The van der Waals surface area contributed by atoms with E-state index >= 15 is 0 Å². The fraction of sp³-hybridized carbons (Fsp3) is 0.286. The Hall–Kier alpha value is -2.30. The maximum atomic E-state index is 6.04. The molecule has 3 rings (SSSR count).